The first-order chi connectivity index (χ1) is 13.1. The van der Waals surface area contributed by atoms with Crippen LogP contribution in [0, 0.1) is 0 Å². The second-order valence-electron chi connectivity index (χ2n) is 6.10. The van der Waals surface area contributed by atoms with Crippen LogP contribution in [0.25, 0.3) is 22.4 Å². The summed E-state index contributed by atoms with van der Waals surface area (Å²) in [4.78, 5) is 12.1. The van der Waals surface area contributed by atoms with E-state index in [2.05, 4.69) is 19.7 Å². The minimum absolute atomic E-state index is 0.208. The molecule has 2 heterocycles. The van der Waals surface area contributed by atoms with Crippen LogP contribution < -0.4 is 4.72 Å². The molecule has 4 rings (SSSR count). The van der Waals surface area contributed by atoms with E-state index in [1.54, 1.807) is 24.4 Å². The van der Waals surface area contributed by atoms with E-state index in [0.29, 0.717) is 17.8 Å². The van der Waals surface area contributed by atoms with Crippen LogP contribution in [0.15, 0.2) is 77.8 Å². The highest BCUT2D eigenvalue weighted by Crippen LogP contribution is 2.22. The van der Waals surface area contributed by atoms with E-state index in [9.17, 15) is 8.42 Å². The average Bonchev–Trinajstić information content (AvgIpc) is 3.13. The summed E-state index contributed by atoms with van der Waals surface area (Å²) in [6, 6.07) is 20.2. The van der Waals surface area contributed by atoms with Gasteiger partial charge in [-0.3, -0.25) is 4.98 Å². The van der Waals surface area contributed by atoms with E-state index in [1.807, 2.05) is 48.5 Å². The van der Waals surface area contributed by atoms with Gasteiger partial charge in [-0.25, -0.2) is 18.1 Å². The molecule has 7 heteroatoms. The average molecular weight is 378 g/mol. The maximum Gasteiger partial charge on any atom is 0.240 e. The van der Waals surface area contributed by atoms with E-state index >= 15 is 0 Å². The molecule has 0 aliphatic rings. The zero-order chi connectivity index (χ0) is 18.7. The van der Waals surface area contributed by atoms with Crippen molar-refractivity contribution in [3.05, 3.63) is 78.6 Å². The third-order valence-corrected chi connectivity index (χ3v) is 5.67. The number of rotatable bonds is 6. The predicted octanol–water partition coefficient (Wildman–Crippen LogP) is 3.15. The largest absolute Gasteiger partial charge is 0.338 e. The van der Waals surface area contributed by atoms with Gasteiger partial charge in [0, 0.05) is 30.4 Å². The Labute approximate surface area is 157 Å². The van der Waals surface area contributed by atoms with Crippen LogP contribution in [0.2, 0.25) is 0 Å². The number of nitrogens with one attached hydrogen (secondary N) is 2. The highest BCUT2D eigenvalue weighted by molar-refractivity contribution is 7.89. The number of pyridine rings is 1. The molecule has 0 aliphatic carbocycles. The van der Waals surface area contributed by atoms with Crippen LogP contribution in [0.4, 0.5) is 0 Å². The van der Waals surface area contributed by atoms with E-state index in [0.717, 1.165) is 16.8 Å². The number of hydrogen-bond acceptors (Lipinski definition) is 4. The molecule has 0 saturated heterocycles. The lowest BCUT2D eigenvalue weighted by molar-refractivity contribution is 0.581. The molecule has 0 saturated carbocycles. The first kappa shape index (κ1) is 17.4. The second kappa shape index (κ2) is 7.30. The Morgan fingerprint density at radius 3 is 2.56 bits per heavy atom. The van der Waals surface area contributed by atoms with Gasteiger partial charge in [0.25, 0.3) is 0 Å². The van der Waals surface area contributed by atoms with E-state index in [-0.39, 0.29) is 11.4 Å². The van der Waals surface area contributed by atoms with Crippen LogP contribution in [0.5, 0.6) is 0 Å². The maximum atomic E-state index is 12.6. The lowest BCUT2D eigenvalue weighted by Crippen LogP contribution is -2.26. The summed E-state index contributed by atoms with van der Waals surface area (Å²) in [5.74, 6) is 0.711. The number of fused-ring (bicyclic) bond motifs is 1. The van der Waals surface area contributed by atoms with Crippen LogP contribution in [-0.4, -0.2) is 29.9 Å². The first-order valence-corrected chi connectivity index (χ1v) is 10.0. The molecule has 27 heavy (non-hydrogen) atoms. The van der Waals surface area contributed by atoms with Gasteiger partial charge in [-0.05, 0) is 30.3 Å². The SMILES string of the molecule is O=S(=O)(NCCc1ccccn1)c1ccc2nc(-c3ccccc3)[nH]c2c1. The van der Waals surface area contributed by atoms with Crippen molar-refractivity contribution in [3.63, 3.8) is 0 Å². The Kier molecular flexibility index (Phi) is 4.70. The zero-order valence-corrected chi connectivity index (χ0v) is 15.3. The smallest absolute Gasteiger partial charge is 0.240 e. The van der Waals surface area contributed by atoms with E-state index in [1.165, 1.54) is 0 Å². The molecule has 0 spiro atoms. The maximum absolute atomic E-state index is 12.6. The molecule has 0 bridgehead atoms. The number of sulfonamides is 1. The predicted molar refractivity (Wildman–Crippen MR) is 105 cm³/mol. The molecule has 0 atom stereocenters. The van der Waals surface area contributed by atoms with E-state index in [4.69, 9.17) is 0 Å². The van der Waals surface area contributed by atoms with Crippen molar-refractivity contribution in [2.75, 3.05) is 6.54 Å². The summed E-state index contributed by atoms with van der Waals surface area (Å²) >= 11 is 0. The Balaban J connectivity index is 1.54. The van der Waals surface area contributed by atoms with Gasteiger partial charge >= 0.3 is 0 Å². The summed E-state index contributed by atoms with van der Waals surface area (Å²) in [5.41, 5.74) is 3.20. The standard InChI is InChI=1S/C20H18N4O2S/c25-27(26,22-13-11-16-8-4-5-12-21-16)17-9-10-18-19(14-17)24-20(23-18)15-6-2-1-3-7-15/h1-10,12,14,22H,11,13H2,(H,23,24). The number of benzene rings is 2. The highest BCUT2D eigenvalue weighted by atomic mass is 32.2. The number of imidazole rings is 1. The highest BCUT2D eigenvalue weighted by Gasteiger charge is 2.15. The van der Waals surface area contributed by atoms with Crippen LogP contribution >= 0.6 is 0 Å². The fourth-order valence-corrected chi connectivity index (χ4v) is 3.89. The van der Waals surface area contributed by atoms with Gasteiger partial charge in [-0.15, -0.1) is 0 Å². The Bertz CT molecular complexity index is 1160. The molecule has 4 aromatic rings. The molecule has 0 unspecified atom stereocenters. The van der Waals surface area contributed by atoms with Crippen molar-refractivity contribution in [2.24, 2.45) is 0 Å². The van der Waals surface area contributed by atoms with Gasteiger partial charge in [0.1, 0.15) is 5.82 Å². The van der Waals surface area contributed by atoms with Gasteiger partial charge in [0.15, 0.2) is 0 Å². The molecule has 2 N–H and O–H groups in total. The van der Waals surface area contributed by atoms with Crippen molar-refractivity contribution in [1.29, 1.82) is 0 Å². The molecule has 2 aromatic heterocycles. The lowest BCUT2D eigenvalue weighted by Gasteiger charge is -2.06. The summed E-state index contributed by atoms with van der Waals surface area (Å²) in [7, 11) is -3.60. The quantitative estimate of drug-likeness (QED) is 0.539. The minimum Gasteiger partial charge on any atom is -0.338 e. The monoisotopic (exact) mass is 378 g/mol. The molecule has 136 valence electrons. The molecular formula is C20H18N4O2S. The fourth-order valence-electron chi connectivity index (χ4n) is 2.83. The molecular weight excluding hydrogens is 360 g/mol. The Hall–Kier alpha value is -3.03. The number of nitrogens with zero attached hydrogens (tertiary/aromatic N) is 2. The number of aromatic amines is 1. The number of aromatic nitrogens is 3. The fraction of sp³-hybridized carbons (Fsp3) is 0.100. The summed E-state index contributed by atoms with van der Waals surface area (Å²) < 4.78 is 27.8. The van der Waals surface area contributed by atoms with Crippen LogP contribution in [0.3, 0.4) is 0 Å². The molecule has 0 fully saturated rings. The van der Waals surface area contributed by atoms with Gasteiger partial charge in [-0.2, -0.15) is 0 Å². The van der Waals surface area contributed by atoms with Crippen molar-refractivity contribution in [1.82, 2.24) is 19.7 Å². The van der Waals surface area contributed by atoms with Crippen molar-refractivity contribution in [3.8, 4) is 11.4 Å². The second-order valence-corrected chi connectivity index (χ2v) is 7.87. The zero-order valence-electron chi connectivity index (χ0n) is 14.5. The molecule has 0 amide bonds. The third-order valence-electron chi connectivity index (χ3n) is 4.21. The summed E-state index contributed by atoms with van der Waals surface area (Å²) in [6.07, 6.45) is 2.23. The Morgan fingerprint density at radius 1 is 0.963 bits per heavy atom. The topological polar surface area (TPSA) is 87.7 Å². The van der Waals surface area contributed by atoms with Gasteiger partial charge < -0.3 is 4.98 Å². The normalized spacial score (nSPS) is 11.7. The van der Waals surface area contributed by atoms with E-state index < -0.39 is 10.0 Å². The van der Waals surface area contributed by atoms with Gasteiger partial charge in [0.2, 0.25) is 10.0 Å². The van der Waals surface area contributed by atoms with Gasteiger partial charge in [0.05, 0.1) is 15.9 Å². The Morgan fingerprint density at radius 2 is 1.78 bits per heavy atom. The molecule has 6 nitrogen and oxygen atoms in total. The summed E-state index contributed by atoms with van der Waals surface area (Å²) in [5, 5.41) is 0. The van der Waals surface area contributed by atoms with Crippen molar-refractivity contribution in [2.45, 2.75) is 11.3 Å². The minimum atomic E-state index is -3.60. The van der Waals surface area contributed by atoms with Gasteiger partial charge in [-0.1, -0.05) is 36.4 Å². The third kappa shape index (κ3) is 3.89. The first-order valence-electron chi connectivity index (χ1n) is 8.57. The number of hydrogen-bond donors (Lipinski definition) is 2. The van der Waals surface area contributed by atoms with Crippen LogP contribution in [-0.2, 0) is 16.4 Å². The molecule has 0 aliphatic heterocycles. The van der Waals surface area contributed by atoms with Crippen LogP contribution in [0.1, 0.15) is 5.69 Å². The van der Waals surface area contributed by atoms with Crippen molar-refractivity contribution >= 4 is 21.1 Å². The van der Waals surface area contributed by atoms with Crippen molar-refractivity contribution < 1.29 is 8.42 Å². The molecule has 2 aromatic carbocycles. The number of H-pyrrole nitrogens is 1. The summed E-state index contributed by atoms with van der Waals surface area (Å²) in [6.45, 7) is 0.287. The lowest BCUT2D eigenvalue weighted by atomic mass is 10.2. The molecule has 0 radical (unpaired) electrons.